The van der Waals surface area contributed by atoms with Crippen LogP contribution in [-0.4, -0.2) is 30.2 Å². The molecule has 12 heavy (non-hydrogen) atoms. The zero-order valence-electron chi connectivity index (χ0n) is 8.27. The summed E-state index contributed by atoms with van der Waals surface area (Å²) in [5, 5.41) is 9.51. The van der Waals surface area contributed by atoms with Crippen molar-refractivity contribution in [1.29, 1.82) is 0 Å². The maximum absolute atomic E-state index is 9.51. The predicted molar refractivity (Wildman–Crippen MR) is 57.3 cm³/mol. The van der Waals surface area contributed by atoms with Gasteiger partial charge in [-0.2, -0.15) is 0 Å². The highest BCUT2D eigenvalue weighted by molar-refractivity contribution is 6.35. The van der Waals surface area contributed by atoms with E-state index < -0.39 is 0 Å². The van der Waals surface area contributed by atoms with E-state index in [1.54, 1.807) is 0 Å². The van der Waals surface area contributed by atoms with Crippen LogP contribution in [0.3, 0.4) is 0 Å². The molecular weight excluding hydrogens is 180 g/mol. The van der Waals surface area contributed by atoms with Gasteiger partial charge in [-0.05, 0) is 12.8 Å². The Hall–Kier alpha value is 0.394. The SMILES string of the molecule is CC[Si]CCC(O)CC[Si]CC. The molecule has 0 atom stereocenters. The summed E-state index contributed by atoms with van der Waals surface area (Å²) in [6.45, 7) is 4.42. The van der Waals surface area contributed by atoms with Crippen molar-refractivity contribution in [2.24, 2.45) is 0 Å². The van der Waals surface area contributed by atoms with Crippen molar-refractivity contribution in [2.75, 3.05) is 0 Å². The highest BCUT2D eigenvalue weighted by Crippen LogP contribution is 2.06. The highest BCUT2D eigenvalue weighted by Gasteiger charge is 2.02. The van der Waals surface area contributed by atoms with Gasteiger partial charge in [0.05, 0.1) is 6.10 Å². The fourth-order valence-electron chi connectivity index (χ4n) is 1.04. The van der Waals surface area contributed by atoms with Gasteiger partial charge in [0.1, 0.15) is 0 Å². The lowest BCUT2D eigenvalue weighted by atomic mass is 10.2. The van der Waals surface area contributed by atoms with E-state index in [4.69, 9.17) is 0 Å². The first-order chi connectivity index (χ1) is 5.81. The summed E-state index contributed by atoms with van der Waals surface area (Å²) in [6.07, 6.45) is 2.05. The average Bonchev–Trinajstić information content (AvgIpc) is 2.06. The molecule has 0 saturated carbocycles. The molecule has 0 heterocycles. The van der Waals surface area contributed by atoms with Crippen molar-refractivity contribution in [2.45, 2.75) is 57.0 Å². The van der Waals surface area contributed by atoms with Crippen molar-refractivity contribution >= 4 is 19.0 Å². The molecule has 0 aliphatic rings. The van der Waals surface area contributed by atoms with Gasteiger partial charge in [-0.15, -0.1) is 0 Å². The fraction of sp³-hybridized carbons (Fsp3) is 1.00. The van der Waals surface area contributed by atoms with Crippen LogP contribution in [-0.2, 0) is 0 Å². The smallest absolute Gasteiger partial charge is 0.0534 e. The molecule has 0 unspecified atom stereocenters. The Kier molecular flexibility index (Phi) is 9.79. The number of aliphatic hydroxyl groups is 1. The van der Waals surface area contributed by atoms with Crippen molar-refractivity contribution in [3.63, 3.8) is 0 Å². The average molecular weight is 200 g/mol. The van der Waals surface area contributed by atoms with Gasteiger partial charge in [-0.3, -0.25) is 0 Å². The van der Waals surface area contributed by atoms with E-state index in [1.165, 1.54) is 24.2 Å². The molecule has 0 amide bonds. The number of hydrogen-bond acceptors (Lipinski definition) is 1. The highest BCUT2D eigenvalue weighted by atomic mass is 28.2. The monoisotopic (exact) mass is 200 g/mol. The molecule has 70 valence electrons. The van der Waals surface area contributed by atoms with E-state index in [2.05, 4.69) is 13.8 Å². The minimum Gasteiger partial charge on any atom is -0.393 e. The molecule has 4 radical (unpaired) electrons. The molecule has 0 aliphatic heterocycles. The maximum atomic E-state index is 9.51. The van der Waals surface area contributed by atoms with Gasteiger partial charge in [-0.25, -0.2) is 0 Å². The minimum atomic E-state index is -0.0110. The molecule has 0 spiro atoms. The Morgan fingerprint density at radius 3 is 1.75 bits per heavy atom. The van der Waals surface area contributed by atoms with E-state index in [0.717, 1.165) is 31.9 Å². The third kappa shape index (κ3) is 8.49. The van der Waals surface area contributed by atoms with Gasteiger partial charge in [0, 0.05) is 19.0 Å². The molecule has 0 aromatic heterocycles. The van der Waals surface area contributed by atoms with Crippen LogP contribution < -0.4 is 0 Å². The van der Waals surface area contributed by atoms with E-state index >= 15 is 0 Å². The topological polar surface area (TPSA) is 20.2 Å². The quantitative estimate of drug-likeness (QED) is 0.471. The summed E-state index contributed by atoms with van der Waals surface area (Å²) in [6, 6.07) is 5.02. The van der Waals surface area contributed by atoms with Crippen LogP contribution in [0.4, 0.5) is 0 Å². The molecule has 0 saturated heterocycles. The summed E-state index contributed by atoms with van der Waals surface area (Å²) < 4.78 is 0. The first kappa shape index (κ1) is 12.4. The maximum Gasteiger partial charge on any atom is 0.0534 e. The minimum absolute atomic E-state index is 0.0110. The first-order valence-corrected chi connectivity index (χ1v) is 7.73. The number of rotatable bonds is 8. The second kappa shape index (κ2) is 9.48. The zero-order valence-corrected chi connectivity index (χ0v) is 10.3. The van der Waals surface area contributed by atoms with Crippen LogP contribution in [0, 0.1) is 0 Å². The summed E-state index contributed by atoms with van der Waals surface area (Å²) >= 11 is 0. The zero-order chi connectivity index (χ0) is 9.23. The second-order valence-corrected chi connectivity index (χ2v) is 6.35. The van der Waals surface area contributed by atoms with Crippen molar-refractivity contribution in [1.82, 2.24) is 0 Å². The third-order valence-corrected chi connectivity index (χ3v) is 4.09. The Morgan fingerprint density at radius 1 is 1.00 bits per heavy atom. The van der Waals surface area contributed by atoms with E-state index in [1.807, 2.05) is 0 Å². The molecular formula is C9H20OSi2. The van der Waals surface area contributed by atoms with Crippen LogP contribution >= 0.6 is 0 Å². The lowest BCUT2D eigenvalue weighted by Crippen LogP contribution is -2.08. The van der Waals surface area contributed by atoms with Gasteiger partial charge in [0.15, 0.2) is 0 Å². The van der Waals surface area contributed by atoms with E-state index in [-0.39, 0.29) is 6.10 Å². The van der Waals surface area contributed by atoms with Crippen LogP contribution in [0.2, 0.25) is 24.2 Å². The molecule has 0 rings (SSSR count). The Labute approximate surface area is 81.6 Å². The lowest BCUT2D eigenvalue weighted by Gasteiger charge is -2.08. The van der Waals surface area contributed by atoms with Crippen LogP contribution in [0.5, 0.6) is 0 Å². The van der Waals surface area contributed by atoms with Crippen molar-refractivity contribution in [3.05, 3.63) is 0 Å². The largest absolute Gasteiger partial charge is 0.393 e. The van der Waals surface area contributed by atoms with Crippen molar-refractivity contribution < 1.29 is 5.11 Å². The number of aliphatic hydroxyl groups excluding tert-OH is 1. The molecule has 3 heteroatoms. The van der Waals surface area contributed by atoms with Gasteiger partial charge in [0.2, 0.25) is 0 Å². The molecule has 0 fully saturated rings. The fourth-order valence-corrected chi connectivity index (χ4v) is 2.82. The van der Waals surface area contributed by atoms with E-state index in [9.17, 15) is 5.11 Å². The lowest BCUT2D eigenvalue weighted by molar-refractivity contribution is 0.166. The van der Waals surface area contributed by atoms with Crippen LogP contribution in [0.25, 0.3) is 0 Å². The van der Waals surface area contributed by atoms with Gasteiger partial charge >= 0.3 is 0 Å². The van der Waals surface area contributed by atoms with Crippen LogP contribution in [0.1, 0.15) is 26.7 Å². The summed E-state index contributed by atoms with van der Waals surface area (Å²) in [5.74, 6) is 0. The molecule has 1 nitrogen and oxygen atoms in total. The van der Waals surface area contributed by atoms with E-state index in [0.29, 0.717) is 0 Å². The summed E-state index contributed by atoms with van der Waals surface area (Å²) in [5.41, 5.74) is 0. The molecule has 0 aromatic carbocycles. The number of hydrogen-bond donors (Lipinski definition) is 1. The third-order valence-electron chi connectivity index (χ3n) is 1.81. The molecule has 0 aliphatic carbocycles. The normalized spacial score (nSPS) is 11.0. The Balaban J connectivity index is 3.04. The predicted octanol–water partition coefficient (Wildman–Crippen LogP) is 2.25. The van der Waals surface area contributed by atoms with Crippen molar-refractivity contribution in [3.8, 4) is 0 Å². The van der Waals surface area contributed by atoms with Gasteiger partial charge in [0.25, 0.3) is 0 Å². The molecule has 0 bridgehead atoms. The standard InChI is InChI=1S/C9H20OSi2/c1-3-11-7-5-9(10)6-8-12-4-2/h9-10H,3-8H2,1-2H3. The van der Waals surface area contributed by atoms with Gasteiger partial charge < -0.3 is 5.11 Å². The first-order valence-electron chi connectivity index (χ1n) is 4.90. The Morgan fingerprint density at radius 2 is 1.42 bits per heavy atom. The summed E-state index contributed by atoms with van der Waals surface area (Å²) in [4.78, 5) is 0. The second-order valence-electron chi connectivity index (χ2n) is 2.94. The van der Waals surface area contributed by atoms with Gasteiger partial charge in [-0.1, -0.05) is 38.0 Å². The van der Waals surface area contributed by atoms with Crippen LogP contribution in [0.15, 0.2) is 0 Å². The summed E-state index contributed by atoms with van der Waals surface area (Å²) in [7, 11) is 2.11. The Bertz CT molecular complexity index is 78.6. The molecule has 1 N–H and O–H groups in total. The molecule has 0 aromatic rings.